The van der Waals surface area contributed by atoms with Crippen molar-refractivity contribution in [1.29, 1.82) is 0 Å². The normalized spacial score (nSPS) is 10.5. The minimum atomic E-state index is -0.361. The number of rotatable bonds is 7. The maximum Gasteiger partial charge on any atom is 0.286 e. The number of aromatic nitrogens is 2. The Kier molecular flexibility index (Phi) is 5.72. The number of furan rings is 1. The van der Waals surface area contributed by atoms with E-state index >= 15 is 0 Å². The van der Waals surface area contributed by atoms with Crippen LogP contribution in [0, 0.1) is 0 Å². The summed E-state index contributed by atoms with van der Waals surface area (Å²) in [6.07, 6.45) is 1.55. The van der Waals surface area contributed by atoms with E-state index in [4.69, 9.17) is 9.15 Å². The first-order valence-corrected chi connectivity index (χ1v) is 8.50. The Labute approximate surface area is 153 Å². The fourth-order valence-electron chi connectivity index (χ4n) is 2.10. The van der Waals surface area contributed by atoms with Crippen LogP contribution in [-0.2, 0) is 17.9 Å². The van der Waals surface area contributed by atoms with Gasteiger partial charge in [0, 0.05) is 18.4 Å². The molecule has 9 heteroatoms. The van der Waals surface area contributed by atoms with Crippen LogP contribution in [0.2, 0.25) is 0 Å². The van der Waals surface area contributed by atoms with Gasteiger partial charge in [0.2, 0.25) is 5.01 Å². The molecule has 0 unspecified atom stereocenters. The summed E-state index contributed by atoms with van der Waals surface area (Å²) >= 11 is 1.17. The van der Waals surface area contributed by atoms with Gasteiger partial charge in [0.15, 0.2) is 0 Å². The zero-order chi connectivity index (χ0) is 18.4. The van der Waals surface area contributed by atoms with Crippen molar-refractivity contribution in [3.05, 3.63) is 64.0 Å². The van der Waals surface area contributed by atoms with Gasteiger partial charge < -0.3 is 19.8 Å². The molecule has 0 bridgehead atoms. The molecule has 0 spiro atoms. The molecule has 0 radical (unpaired) electrons. The third-order valence-electron chi connectivity index (χ3n) is 3.34. The summed E-state index contributed by atoms with van der Waals surface area (Å²) in [6.45, 7) is 0.623. The molecule has 8 nitrogen and oxygen atoms in total. The lowest BCUT2D eigenvalue weighted by Crippen LogP contribution is -2.22. The number of carbonyl (C=O) groups excluding carboxylic acids is 2. The van der Waals surface area contributed by atoms with Crippen LogP contribution in [0.1, 0.15) is 30.9 Å². The minimum Gasteiger partial charge on any atom is -0.467 e. The van der Waals surface area contributed by atoms with Gasteiger partial charge in [0.05, 0.1) is 19.4 Å². The van der Waals surface area contributed by atoms with Gasteiger partial charge in [-0.25, -0.2) is 0 Å². The average Bonchev–Trinajstić information content (AvgIpc) is 3.32. The second-order valence-corrected chi connectivity index (χ2v) is 6.29. The largest absolute Gasteiger partial charge is 0.467 e. The predicted octanol–water partition coefficient (Wildman–Crippen LogP) is 2.46. The highest BCUT2D eigenvalue weighted by molar-refractivity contribution is 7.13. The summed E-state index contributed by atoms with van der Waals surface area (Å²) in [5, 5.41) is 14.0. The molecule has 3 rings (SSSR count). The predicted molar refractivity (Wildman–Crippen MR) is 94.9 cm³/mol. The van der Waals surface area contributed by atoms with E-state index in [2.05, 4.69) is 20.8 Å². The van der Waals surface area contributed by atoms with E-state index < -0.39 is 0 Å². The molecule has 26 heavy (non-hydrogen) atoms. The van der Waals surface area contributed by atoms with Gasteiger partial charge in [-0.05, 0) is 36.4 Å². The van der Waals surface area contributed by atoms with Crippen molar-refractivity contribution in [2.45, 2.75) is 13.2 Å². The molecule has 0 aliphatic carbocycles. The highest BCUT2D eigenvalue weighted by atomic mass is 32.1. The summed E-state index contributed by atoms with van der Waals surface area (Å²) in [4.78, 5) is 24.2. The molecule has 2 aromatic heterocycles. The molecule has 0 atom stereocenters. The van der Waals surface area contributed by atoms with Crippen LogP contribution in [0.4, 0.5) is 5.69 Å². The summed E-state index contributed by atoms with van der Waals surface area (Å²) in [6, 6.07) is 10.1. The van der Waals surface area contributed by atoms with Gasteiger partial charge >= 0.3 is 0 Å². The Morgan fingerprint density at radius 1 is 1.15 bits per heavy atom. The number of amides is 2. The molecule has 0 saturated carbocycles. The van der Waals surface area contributed by atoms with E-state index in [1.807, 2.05) is 0 Å². The molecule has 0 aliphatic rings. The second kappa shape index (κ2) is 8.37. The van der Waals surface area contributed by atoms with E-state index in [-0.39, 0.29) is 16.8 Å². The topological polar surface area (TPSA) is 106 Å². The molecule has 134 valence electrons. The van der Waals surface area contributed by atoms with Crippen molar-refractivity contribution in [3.63, 3.8) is 0 Å². The first kappa shape index (κ1) is 17.8. The maximum absolute atomic E-state index is 12.2. The van der Waals surface area contributed by atoms with Gasteiger partial charge in [-0.2, -0.15) is 0 Å². The standard InChI is InChI=1S/C17H16N4O4S/c1-24-10-14-20-21-17(26-14)16(23)19-12-6-4-11(5-7-12)15(22)18-9-13-3-2-8-25-13/h2-8H,9-10H2,1H3,(H,18,22)(H,19,23). The SMILES string of the molecule is COCc1nnc(C(=O)Nc2ccc(C(=O)NCc3ccco3)cc2)s1. The van der Waals surface area contributed by atoms with Crippen molar-refractivity contribution in [2.24, 2.45) is 0 Å². The van der Waals surface area contributed by atoms with Crippen LogP contribution in [0.5, 0.6) is 0 Å². The summed E-state index contributed by atoms with van der Waals surface area (Å²) in [5.41, 5.74) is 1.04. The van der Waals surface area contributed by atoms with E-state index in [0.29, 0.717) is 35.2 Å². The number of hydrogen-bond acceptors (Lipinski definition) is 7. The molecule has 0 saturated heterocycles. The highest BCUT2D eigenvalue weighted by Gasteiger charge is 2.13. The van der Waals surface area contributed by atoms with Gasteiger partial charge in [-0.3, -0.25) is 9.59 Å². The third-order valence-corrected chi connectivity index (χ3v) is 4.23. The Morgan fingerprint density at radius 2 is 1.96 bits per heavy atom. The second-order valence-electron chi connectivity index (χ2n) is 5.23. The fraction of sp³-hybridized carbons (Fsp3) is 0.176. The number of hydrogen-bond donors (Lipinski definition) is 2. The van der Waals surface area contributed by atoms with Crippen molar-refractivity contribution >= 4 is 28.8 Å². The number of nitrogens with zero attached hydrogens (tertiary/aromatic N) is 2. The lowest BCUT2D eigenvalue weighted by molar-refractivity contribution is 0.0947. The summed E-state index contributed by atoms with van der Waals surface area (Å²) in [5.74, 6) is 0.0830. The summed E-state index contributed by atoms with van der Waals surface area (Å²) in [7, 11) is 1.55. The maximum atomic E-state index is 12.2. The molecule has 2 heterocycles. The van der Waals surface area contributed by atoms with Crippen molar-refractivity contribution < 1.29 is 18.7 Å². The Balaban J connectivity index is 1.56. The number of nitrogens with one attached hydrogen (secondary N) is 2. The average molecular weight is 372 g/mol. The number of anilines is 1. The van der Waals surface area contributed by atoms with Crippen LogP contribution < -0.4 is 10.6 Å². The number of carbonyl (C=O) groups is 2. The Hall–Kier alpha value is -3.04. The number of ether oxygens (including phenoxy) is 1. The Bertz CT molecular complexity index is 875. The third kappa shape index (κ3) is 4.52. The molecular weight excluding hydrogens is 356 g/mol. The van der Waals surface area contributed by atoms with E-state index in [9.17, 15) is 9.59 Å². The van der Waals surface area contributed by atoms with E-state index in [0.717, 1.165) is 0 Å². The highest BCUT2D eigenvalue weighted by Crippen LogP contribution is 2.15. The van der Waals surface area contributed by atoms with E-state index in [1.54, 1.807) is 49.8 Å². The molecular formula is C17H16N4O4S. The van der Waals surface area contributed by atoms with Crippen LogP contribution in [0.15, 0.2) is 47.1 Å². The van der Waals surface area contributed by atoms with Gasteiger partial charge in [-0.15, -0.1) is 10.2 Å². The molecule has 0 aliphatic heterocycles. The number of benzene rings is 1. The fourth-order valence-corrected chi connectivity index (χ4v) is 2.81. The summed E-state index contributed by atoms with van der Waals surface area (Å²) < 4.78 is 10.1. The van der Waals surface area contributed by atoms with Gasteiger partial charge in [-0.1, -0.05) is 11.3 Å². The monoisotopic (exact) mass is 372 g/mol. The zero-order valence-electron chi connectivity index (χ0n) is 13.9. The number of methoxy groups -OCH3 is 1. The lowest BCUT2D eigenvalue weighted by atomic mass is 10.2. The van der Waals surface area contributed by atoms with Crippen LogP contribution in [0.3, 0.4) is 0 Å². The molecule has 1 aromatic carbocycles. The first-order chi connectivity index (χ1) is 12.7. The first-order valence-electron chi connectivity index (χ1n) is 7.69. The van der Waals surface area contributed by atoms with Crippen LogP contribution in [0.25, 0.3) is 0 Å². The lowest BCUT2D eigenvalue weighted by Gasteiger charge is -2.06. The van der Waals surface area contributed by atoms with Crippen LogP contribution >= 0.6 is 11.3 Å². The van der Waals surface area contributed by atoms with Gasteiger partial charge in [0.1, 0.15) is 10.8 Å². The van der Waals surface area contributed by atoms with Crippen molar-refractivity contribution in [2.75, 3.05) is 12.4 Å². The van der Waals surface area contributed by atoms with E-state index in [1.165, 1.54) is 11.3 Å². The zero-order valence-corrected chi connectivity index (χ0v) is 14.7. The molecule has 0 fully saturated rings. The minimum absolute atomic E-state index is 0.229. The quantitative estimate of drug-likeness (QED) is 0.660. The van der Waals surface area contributed by atoms with Gasteiger partial charge in [0.25, 0.3) is 11.8 Å². The van der Waals surface area contributed by atoms with Crippen LogP contribution in [-0.4, -0.2) is 29.1 Å². The molecule has 3 aromatic rings. The smallest absolute Gasteiger partial charge is 0.286 e. The van der Waals surface area contributed by atoms with Crippen molar-refractivity contribution in [1.82, 2.24) is 15.5 Å². The molecule has 2 N–H and O–H groups in total. The van der Waals surface area contributed by atoms with Crippen molar-refractivity contribution in [3.8, 4) is 0 Å². The molecule has 2 amide bonds. The Morgan fingerprint density at radius 3 is 2.65 bits per heavy atom.